The Morgan fingerprint density at radius 2 is 2.00 bits per heavy atom. The van der Waals surface area contributed by atoms with Gasteiger partial charge in [0.1, 0.15) is 5.69 Å². The van der Waals surface area contributed by atoms with Gasteiger partial charge in [-0.15, -0.1) is 0 Å². The number of para-hydroxylation sites is 1. The molecule has 2 aromatic heterocycles. The average Bonchev–Trinajstić information content (AvgIpc) is 3.17. The van der Waals surface area contributed by atoms with Gasteiger partial charge in [0.25, 0.3) is 11.8 Å². The average molecular weight is 378 g/mol. The van der Waals surface area contributed by atoms with Crippen LogP contribution in [0.2, 0.25) is 0 Å². The van der Waals surface area contributed by atoms with Crippen LogP contribution in [0.4, 0.5) is 0 Å². The standard InChI is InChI=1S/C21H22N4O3/c26-20(23-8-6-16-14-24-18-4-2-1-3-17(16)18)15-5-7-22-19(13-15)21(27)25-9-11-28-12-10-25/h1-5,7,13-14,24H,6,8-12H2,(H,23,26). The molecule has 1 saturated heterocycles. The maximum atomic E-state index is 12.5. The van der Waals surface area contributed by atoms with E-state index in [9.17, 15) is 9.59 Å². The van der Waals surface area contributed by atoms with Crippen molar-refractivity contribution in [3.63, 3.8) is 0 Å². The van der Waals surface area contributed by atoms with Crippen LogP contribution in [0.5, 0.6) is 0 Å². The molecule has 4 rings (SSSR count). The molecular formula is C21H22N4O3. The fraction of sp³-hybridized carbons (Fsp3) is 0.286. The van der Waals surface area contributed by atoms with E-state index in [2.05, 4.69) is 21.4 Å². The third-order valence-corrected chi connectivity index (χ3v) is 4.89. The molecule has 7 nitrogen and oxygen atoms in total. The summed E-state index contributed by atoms with van der Waals surface area (Å²) in [5.41, 5.74) is 2.97. The third kappa shape index (κ3) is 3.89. The number of pyridine rings is 1. The predicted octanol–water partition coefficient (Wildman–Crippen LogP) is 2.01. The number of carbonyl (C=O) groups excluding carboxylic acids is 2. The van der Waals surface area contributed by atoms with Gasteiger partial charge in [0.2, 0.25) is 0 Å². The highest BCUT2D eigenvalue weighted by atomic mass is 16.5. The normalized spacial score (nSPS) is 14.2. The largest absolute Gasteiger partial charge is 0.378 e. The van der Waals surface area contributed by atoms with Gasteiger partial charge < -0.3 is 19.9 Å². The van der Waals surface area contributed by atoms with Gasteiger partial charge in [0.05, 0.1) is 13.2 Å². The van der Waals surface area contributed by atoms with Crippen molar-refractivity contribution in [3.05, 3.63) is 65.6 Å². The molecule has 144 valence electrons. The van der Waals surface area contributed by atoms with Crippen LogP contribution < -0.4 is 5.32 Å². The number of nitrogens with one attached hydrogen (secondary N) is 2. The van der Waals surface area contributed by atoms with Crippen molar-refractivity contribution < 1.29 is 14.3 Å². The number of carbonyl (C=O) groups is 2. The molecule has 0 atom stereocenters. The van der Waals surface area contributed by atoms with Crippen molar-refractivity contribution in [2.45, 2.75) is 6.42 Å². The topological polar surface area (TPSA) is 87.3 Å². The van der Waals surface area contributed by atoms with E-state index < -0.39 is 0 Å². The molecule has 2 N–H and O–H groups in total. The number of aromatic amines is 1. The smallest absolute Gasteiger partial charge is 0.272 e. The predicted molar refractivity (Wildman–Crippen MR) is 105 cm³/mol. The van der Waals surface area contributed by atoms with E-state index in [1.165, 1.54) is 11.6 Å². The number of nitrogens with zero attached hydrogens (tertiary/aromatic N) is 2. The van der Waals surface area contributed by atoms with Crippen LogP contribution >= 0.6 is 0 Å². The monoisotopic (exact) mass is 378 g/mol. The molecule has 0 radical (unpaired) electrons. The van der Waals surface area contributed by atoms with Crippen molar-refractivity contribution in [2.75, 3.05) is 32.8 Å². The molecule has 28 heavy (non-hydrogen) atoms. The van der Waals surface area contributed by atoms with Crippen LogP contribution in [0.1, 0.15) is 26.4 Å². The Balaban J connectivity index is 1.37. The molecule has 2 amide bonds. The number of hydrogen-bond donors (Lipinski definition) is 2. The molecule has 0 unspecified atom stereocenters. The van der Waals surface area contributed by atoms with Crippen LogP contribution in [-0.2, 0) is 11.2 Å². The van der Waals surface area contributed by atoms with Gasteiger partial charge in [0, 0.05) is 48.5 Å². The van der Waals surface area contributed by atoms with Gasteiger partial charge in [-0.2, -0.15) is 0 Å². The third-order valence-electron chi connectivity index (χ3n) is 4.89. The first kappa shape index (κ1) is 18.2. The second-order valence-corrected chi connectivity index (χ2v) is 6.70. The molecule has 1 fully saturated rings. The minimum absolute atomic E-state index is 0.170. The van der Waals surface area contributed by atoms with Crippen LogP contribution in [0.15, 0.2) is 48.8 Å². The summed E-state index contributed by atoms with van der Waals surface area (Å²) in [6.07, 6.45) is 4.20. The van der Waals surface area contributed by atoms with Crippen molar-refractivity contribution >= 4 is 22.7 Å². The maximum Gasteiger partial charge on any atom is 0.272 e. The fourth-order valence-electron chi connectivity index (χ4n) is 3.37. The number of fused-ring (bicyclic) bond motifs is 1. The highest BCUT2D eigenvalue weighted by molar-refractivity contribution is 5.98. The van der Waals surface area contributed by atoms with Crippen LogP contribution in [0.25, 0.3) is 10.9 Å². The molecule has 1 aromatic carbocycles. The first-order valence-electron chi connectivity index (χ1n) is 9.38. The quantitative estimate of drug-likeness (QED) is 0.711. The first-order valence-corrected chi connectivity index (χ1v) is 9.38. The van der Waals surface area contributed by atoms with Gasteiger partial charge in [0.15, 0.2) is 0 Å². The lowest BCUT2D eigenvalue weighted by molar-refractivity contribution is 0.0299. The molecule has 1 aliphatic heterocycles. The fourth-order valence-corrected chi connectivity index (χ4v) is 3.37. The summed E-state index contributed by atoms with van der Waals surface area (Å²) >= 11 is 0. The SMILES string of the molecule is O=C(NCCc1c[nH]c2ccccc12)c1ccnc(C(=O)N2CCOCC2)c1. The Bertz CT molecular complexity index is 992. The van der Waals surface area contributed by atoms with E-state index in [4.69, 9.17) is 4.74 Å². The Kier molecular flexibility index (Phi) is 5.34. The number of H-pyrrole nitrogens is 1. The molecule has 0 saturated carbocycles. The summed E-state index contributed by atoms with van der Waals surface area (Å²) < 4.78 is 5.27. The van der Waals surface area contributed by atoms with Crippen LogP contribution in [-0.4, -0.2) is 59.5 Å². The minimum Gasteiger partial charge on any atom is -0.378 e. The van der Waals surface area contributed by atoms with E-state index in [1.54, 1.807) is 17.0 Å². The number of benzene rings is 1. The Morgan fingerprint density at radius 1 is 1.18 bits per heavy atom. The zero-order valence-electron chi connectivity index (χ0n) is 15.5. The lowest BCUT2D eigenvalue weighted by Gasteiger charge is -2.26. The zero-order valence-corrected chi connectivity index (χ0v) is 15.5. The van der Waals surface area contributed by atoms with Crippen molar-refractivity contribution in [2.24, 2.45) is 0 Å². The molecule has 0 bridgehead atoms. The number of ether oxygens (including phenoxy) is 1. The number of rotatable bonds is 5. The molecular weight excluding hydrogens is 356 g/mol. The minimum atomic E-state index is -0.210. The van der Waals surface area contributed by atoms with Crippen molar-refractivity contribution in [3.8, 4) is 0 Å². The van der Waals surface area contributed by atoms with Crippen LogP contribution in [0, 0.1) is 0 Å². The summed E-state index contributed by atoms with van der Waals surface area (Å²) in [6.45, 7) is 2.65. The Labute approximate surface area is 162 Å². The Hall–Kier alpha value is -3.19. The van der Waals surface area contributed by atoms with E-state index in [1.807, 2.05) is 24.4 Å². The number of morpholine rings is 1. The number of hydrogen-bond acceptors (Lipinski definition) is 4. The summed E-state index contributed by atoms with van der Waals surface area (Å²) in [7, 11) is 0. The summed E-state index contributed by atoms with van der Waals surface area (Å²) in [6, 6.07) is 11.3. The van der Waals surface area contributed by atoms with Crippen LogP contribution in [0.3, 0.4) is 0 Å². The summed E-state index contributed by atoms with van der Waals surface area (Å²) in [5.74, 6) is -0.380. The highest BCUT2D eigenvalue weighted by Gasteiger charge is 2.20. The zero-order chi connectivity index (χ0) is 19.3. The molecule has 1 aliphatic rings. The highest BCUT2D eigenvalue weighted by Crippen LogP contribution is 2.17. The summed E-state index contributed by atoms with van der Waals surface area (Å²) in [4.78, 5) is 34.1. The molecule has 7 heteroatoms. The molecule has 0 spiro atoms. The number of aromatic nitrogens is 2. The van der Waals surface area contributed by atoms with Crippen molar-refractivity contribution in [1.82, 2.24) is 20.2 Å². The lowest BCUT2D eigenvalue weighted by Crippen LogP contribution is -2.41. The van der Waals surface area contributed by atoms with Gasteiger partial charge in [-0.25, -0.2) is 0 Å². The van der Waals surface area contributed by atoms with E-state index >= 15 is 0 Å². The molecule has 3 heterocycles. The summed E-state index contributed by atoms with van der Waals surface area (Å²) in [5, 5.41) is 4.09. The molecule has 0 aliphatic carbocycles. The van der Waals surface area contributed by atoms with Gasteiger partial charge >= 0.3 is 0 Å². The van der Waals surface area contributed by atoms with Crippen molar-refractivity contribution in [1.29, 1.82) is 0 Å². The number of amides is 2. The second kappa shape index (κ2) is 8.22. The maximum absolute atomic E-state index is 12.5. The lowest BCUT2D eigenvalue weighted by atomic mass is 10.1. The first-order chi connectivity index (χ1) is 13.7. The molecule has 3 aromatic rings. The van der Waals surface area contributed by atoms with Gasteiger partial charge in [-0.05, 0) is 30.2 Å². The van der Waals surface area contributed by atoms with Gasteiger partial charge in [-0.3, -0.25) is 14.6 Å². The Morgan fingerprint density at radius 3 is 2.86 bits per heavy atom. The van der Waals surface area contributed by atoms with E-state index in [0.29, 0.717) is 38.4 Å². The van der Waals surface area contributed by atoms with Gasteiger partial charge in [-0.1, -0.05) is 18.2 Å². The van der Waals surface area contributed by atoms with E-state index in [0.717, 1.165) is 17.5 Å². The van der Waals surface area contributed by atoms with E-state index in [-0.39, 0.29) is 17.5 Å². The second-order valence-electron chi connectivity index (χ2n) is 6.70.